The van der Waals surface area contributed by atoms with Crippen molar-refractivity contribution in [1.82, 2.24) is 4.90 Å². The van der Waals surface area contributed by atoms with Crippen LogP contribution in [0.1, 0.15) is 66.2 Å². The maximum atomic E-state index is 13.6. The Morgan fingerprint density at radius 2 is 1.81 bits per heavy atom. The molecule has 3 aromatic rings. The van der Waals surface area contributed by atoms with Crippen LogP contribution in [0, 0.1) is 0 Å². The zero-order valence-corrected chi connectivity index (χ0v) is 19.2. The maximum Gasteiger partial charge on any atom is 0.194 e. The van der Waals surface area contributed by atoms with E-state index in [9.17, 15) is 9.90 Å². The van der Waals surface area contributed by atoms with Gasteiger partial charge >= 0.3 is 0 Å². The average molecular weight is 438 g/mol. The number of carbonyl (C=O) groups is 1. The normalized spacial score (nSPS) is 14.5. The fourth-order valence-electron chi connectivity index (χ4n) is 4.49. The molecule has 1 fully saturated rings. The van der Waals surface area contributed by atoms with E-state index in [4.69, 9.17) is 4.74 Å². The number of phenolic OH excluding ortho intramolecular Hbond substituents is 1. The number of thiophene rings is 1. The molecule has 31 heavy (non-hydrogen) atoms. The lowest BCUT2D eigenvalue weighted by Crippen LogP contribution is -2.27. The van der Waals surface area contributed by atoms with Gasteiger partial charge in [0.05, 0.1) is 0 Å². The van der Waals surface area contributed by atoms with Gasteiger partial charge in [-0.3, -0.25) is 4.79 Å². The van der Waals surface area contributed by atoms with Gasteiger partial charge in [-0.2, -0.15) is 0 Å². The highest BCUT2D eigenvalue weighted by atomic mass is 32.1. The van der Waals surface area contributed by atoms with E-state index in [0.29, 0.717) is 18.1 Å². The predicted molar refractivity (Wildman–Crippen MR) is 128 cm³/mol. The number of rotatable bonds is 9. The molecule has 0 bridgehead atoms. The molecular formula is C26H31NO3S. The molecule has 1 aromatic heterocycles. The molecule has 0 saturated heterocycles. The van der Waals surface area contributed by atoms with Gasteiger partial charge in [0.25, 0.3) is 0 Å². The minimum Gasteiger partial charge on any atom is -0.508 e. The lowest BCUT2D eigenvalue weighted by atomic mass is 9.94. The molecule has 1 aliphatic carbocycles. The monoisotopic (exact) mass is 437 g/mol. The lowest BCUT2D eigenvalue weighted by molar-refractivity contribution is 0.103. The Hall–Kier alpha value is -2.37. The first-order chi connectivity index (χ1) is 15.1. The van der Waals surface area contributed by atoms with E-state index < -0.39 is 0 Å². The number of ketones is 1. The molecular weight excluding hydrogens is 406 g/mol. The van der Waals surface area contributed by atoms with Gasteiger partial charge in [0.2, 0.25) is 0 Å². The highest BCUT2D eigenvalue weighted by Crippen LogP contribution is 2.44. The van der Waals surface area contributed by atoms with Crippen LogP contribution in [0.4, 0.5) is 0 Å². The Labute approximate surface area is 188 Å². The van der Waals surface area contributed by atoms with E-state index in [1.165, 1.54) is 17.7 Å². The third-order valence-corrected chi connectivity index (χ3v) is 7.66. The third kappa shape index (κ3) is 4.78. The largest absolute Gasteiger partial charge is 0.508 e. The second-order valence-corrected chi connectivity index (χ2v) is 9.32. The van der Waals surface area contributed by atoms with Crippen molar-refractivity contribution in [3.8, 4) is 11.5 Å². The van der Waals surface area contributed by atoms with Gasteiger partial charge in [0.15, 0.2) is 5.78 Å². The molecule has 0 aliphatic heterocycles. The number of aromatic hydroxyl groups is 1. The van der Waals surface area contributed by atoms with E-state index in [2.05, 4.69) is 18.7 Å². The van der Waals surface area contributed by atoms with Gasteiger partial charge in [0, 0.05) is 32.6 Å². The molecule has 164 valence electrons. The lowest BCUT2D eigenvalue weighted by Gasteiger charge is -2.18. The van der Waals surface area contributed by atoms with E-state index in [0.717, 1.165) is 53.9 Å². The van der Waals surface area contributed by atoms with Crippen molar-refractivity contribution in [3.63, 3.8) is 0 Å². The summed E-state index contributed by atoms with van der Waals surface area (Å²) in [6, 6.07) is 12.9. The van der Waals surface area contributed by atoms with Gasteiger partial charge in [-0.1, -0.05) is 26.7 Å². The first-order valence-electron chi connectivity index (χ1n) is 11.4. The Kier molecular flexibility index (Phi) is 6.93. The Bertz CT molecular complexity index is 1030. The fourth-order valence-corrected chi connectivity index (χ4v) is 5.90. The molecule has 0 amide bonds. The van der Waals surface area contributed by atoms with Crippen LogP contribution in [-0.4, -0.2) is 42.0 Å². The molecule has 1 saturated carbocycles. The van der Waals surface area contributed by atoms with Gasteiger partial charge < -0.3 is 14.7 Å². The van der Waals surface area contributed by atoms with Crippen LogP contribution < -0.4 is 4.74 Å². The van der Waals surface area contributed by atoms with Crippen LogP contribution in [0.3, 0.4) is 0 Å². The average Bonchev–Trinajstić information content (AvgIpc) is 3.44. The maximum absolute atomic E-state index is 13.6. The number of likely N-dealkylation sites (N-methyl/N-ethyl adjacent to an activating group) is 1. The molecule has 4 nitrogen and oxygen atoms in total. The van der Waals surface area contributed by atoms with Gasteiger partial charge in [-0.05, 0) is 74.3 Å². The highest BCUT2D eigenvalue weighted by molar-refractivity contribution is 7.19. The molecule has 0 unspecified atom stereocenters. The first-order valence-corrected chi connectivity index (χ1v) is 12.2. The van der Waals surface area contributed by atoms with Crippen LogP contribution in [0.25, 0.3) is 10.1 Å². The number of phenols is 1. The zero-order valence-electron chi connectivity index (χ0n) is 18.4. The van der Waals surface area contributed by atoms with Crippen LogP contribution in [0.15, 0.2) is 42.5 Å². The Balaban J connectivity index is 1.57. The summed E-state index contributed by atoms with van der Waals surface area (Å²) in [6.07, 6.45) is 4.71. The fraction of sp³-hybridized carbons (Fsp3) is 0.423. The van der Waals surface area contributed by atoms with E-state index in [1.54, 1.807) is 23.5 Å². The van der Waals surface area contributed by atoms with Crippen LogP contribution >= 0.6 is 11.3 Å². The summed E-state index contributed by atoms with van der Waals surface area (Å²) in [5.41, 5.74) is 1.50. The minimum absolute atomic E-state index is 0.0635. The predicted octanol–water partition coefficient (Wildman–Crippen LogP) is 6.22. The molecule has 0 radical (unpaired) electrons. The summed E-state index contributed by atoms with van der Waals surface area (Å²) in [6.45, 7) is 7.87. The number of nitrogens with zero attached hydrogens (tertiary/aromatic N) is 1. The highest BCUT2D eigenvalue weighted by Gasteiger charge is 2.27. The second-order valence-electron chi connectivity index (χ2n) is 8.23. The van der Waals surface area contributed by atoms with Crippen molar-refractivity contribution >= 4 is 27.2 Å². The summed E-state index contributed by atoms with van der Waals surface area (Å²) in [7, 11) is 0. The molecule has 0 atom stereocenters. The van der Waals surface area contributed by atoms with Crippen LogP contribution in [-0.2, 0) is 0 Å². The molecule has 0 spiro atoms. The Morgan fingerprint density at radius 3 is 2.48 bits per heavy atom. The smallest absolute Gasteiger partial charge is 0.194 e. The summed E-state index contributed by atoms with van der Waals surface area (Å²) >= 11 is 1.67. The quantitative estimate of drug-likeness (QED) is 0.404. The molecule has 1 N–H and O–H groups in total. The SMILES string of the molecule is CCN(CC)CCOc1ccc(C(=O)c2c(C3CCCC3)sc3cc(O)ccc23)cc1. The van der Waals surface area contributed by atoms with Crippen molar-refractivity contribution in [2.45, 2.75) is 45.4 Å². The second kappa shape index (κ2) is 9.84. The van der Waals surface area contributed by atoms with Gasteiger partial charge in [-0.25, -0.2) is 0 Å². The van der Waals surface area contributed by atoms with E-state index in [-0.39, 0.29) is 11.5 Å². The molecule has 1 aliphatic rings. The standard InChI is InChI=1S/C26H31NO3S/c1-3-27(4-2)15-16-30-21-12-9-18(10-13-21)25(29)24-22-14-11-20(28)17-23(22)31-26(24)19-7-5-6-8-19/h9-14,17,19,28H,3-8,15-16H2,1-2H3. The summed E-state index contributed by atoms with van der Waals surface area (Å²) < 4.78 is 6.86. The Morgan fingerprint density at radius 1 is 1.10 bits per heavy atom. The van der Waals surface area contributed by atoms with Crippen molar-refractivity contribution < 1.29 is 14.6 Å². The van der Waals surface area contributed by atoms with Crippen LogP contribution in [0.2, 0.25) is 0 Å². The summed E-state index contributed by atoms with van der Waals surface area (Å²) in [4.78, 5) is 17.1. The zero-order chi connectivity index (χ0) is 21.8. The molecule has 4 rings (SSSR count). The molecule has 5 heteroatoms. The molecule has 1 heterocycles. The number of ether oxygens (including phenoxy) is 1. The van der Waals surface area contributed by atoms with Crippen molar-refractivity contribution in [2.24, 2.45) is 0 Å². The van der Waals surface area contributed by atoms with Crippen molar-refractivity contribution in [3.05, 3.63) is 58.5 Å². The van der Waals surface area contributed by atoms with Gasteiger partial charge in [0.1, 0.15) is 18.1 Å². The third-order valence-electron chi connectivity index (χ3n) is 6.34. The van der Waals surface area contributed by atoms with E-state index in [1.807, 2.05) is 30.3 Å². The van der Waals surface area contributed by atoms with Gasteiger partial charge in [-0.15, -0.1) is 11.3 Å². The number of carbonyl (C=O) groups excluding carboxylic acids is 1. The first kappa shape index (κ1) is 21.8. The van der Waals surface area contributed by atoms with Crippen LogP contribution in [0.5, 0.6) is 11.5 Å². The number of hydrogen-bond donors (Lipinski definition) is 1. The van der Waals surface area contributed by atoms with E-state index >= 15 is 0 Å². The molecule has 2 aromatic carbocycles. The minimum atomic E-state index is 0.0635. The number of fused-ring (bicyclic) bond motifs is 1. The number of benzene rings is 2. The number of hydrogen-bond acceptors (Lipinski definition) is 5. The van der Waals surface area contributed by atoms with Crippen molar-refractivity contribution in [2.75, 3.05) is 26.2 Å². The summed E-state index contributed by atoms with van der Waals surface area (Å²) in [5, 5.41) is 10.9. The topological polar surface area (TPSA) is 49.8 Å². The van der Waals surface area contributed by atoms with Crippen molar-refractivity contribution in [1.29, 1.82) is 0 Å². The summed E-state index contributed by atoms with van der Waals surface area (Å²) in [5.74, 6) is 1.55.